The fraction of sp³-hybridized carbons (Fsp3) is 0.962. The van der Waals surface area contributed by atoms with Crippen LogP contribution in [0.15, 0.2) is 0 Å². The van der Waals surface area contributed by atoms with Gasteiger partial charge in [-0.15, -0.1) is 0 Å². The summed E-state index contributed by atoms with van der Waals surface area (Å²) in [6.45, 7) is 9.42. The highest BCUT2D eigenvalue weighted by Crippen LogP contribution is 2.27. The zero-order chi connectivity index (χ0) is 19.3. The number of hydrogen-bond acceptors (Lipinski definition) is 0. The Hall–Kier alpha value is 0. The summed E-state index contributed by atoms with van der Waals surface area (Å²) in [5, 5.41) is 0. The molecule has 0 saturated heterocycles. The average molecular weight is 366 g/mol. The first kappa shape index (κ1) is 26.0. The van der Waals surface area contributed by atoms with Crippen LogP contribution in [-0.2, 0) is 0 Å². The minimum Gasteiger partial charge on any atom is -0.0654 e. The lowest BCUT2D eigenvalue weighted by Gasteiger charge is -2.21. The van der Waals surface area contributed by atoms with Gasteiger partial charge in [0.2, 0.25) is 0 Å². The Bertz CT molecular complexity index is 230. The summed E-state index contributed by atoms with van der Waals surface area (Å²) >= 11 is 0. The van der Waals surface area contributed by atoms with E-state index in [-0.39, 0.29) is 0 Å². The van der Waals surface area contributed by atoms with Gasteiger partial charge < -0.3 is 0 Å². The minimum absolute atomic E-state index is 0.831. The van der Waals surface area contributed by atoms with Crippen molar-refractivity contribution in [2.45, 2.75) is 150 Å². The maximum absolute atomic E-state index is 2.76. The van der Waals surface area contributed by atoms with Gasteiger partial charge in [-0.25, -0.2) is 0 Å². The van der Waals surface area contributed by atoms with Crippen molar-refractivity contribution in [1.29, 1.82) is 0 Å². The molecule has 0 heteroatoms. The van der Waals surface area contributed by atoms with Gasteiger partial charge >= 0.3 is 0 Å². The van der Waals surface area contributed by atoms with Gasteiger partial charge in [-0.05, 0) is 18.3 Å². The van der Waals surface area contributed by atoms with Gasteiger partial charge in [-0.2, -0.15) is 0 Å². The molecule has 0 aliphatic carbocycles. The highest BCUT2D eigenvalue weighted by molar-refractivity contribution is 4.81. The van der Waals surface area contributed by atoms with Crippen molar-refractivity contribution in [3.05, 3.63) is 6.42 Å². The second kappa shape index (κ2) is 21.3. The fourth-order valence-electron chi connectivity index (χ4n) is 4.16. The molecule has 26 heavy (non-hydrogen) atoms. The molecule has 0 aliphatic rings. The molecule has 0 heterocycles. The molecule has 157 valence electrons. The van der Waals surface area contributed by atoms with Crippen molar-refractivity contribution in [1.82, 2.24) is 0 Å². The molecule has 0 saturated carbocycles. The molecule has 0 nitrogen and oxygen atoms in total. The summed E-state index contributed by atoms with van der Waals surface area (Å²) in [5.74, 6) is 1.73. The summed E-state index contributed by atoms with van der Waals surface area (Å²) in [5.41, 5.74) is 0. The lowest BCUT2D eigenvalue weighted by molar-refractivity contribution is 0.397. The number of rotatable bonds is 21. The maximum atomic E-state index is 2.76. The Morgan fingerprint density at radius 3 is 1.23 bits per heavy atom. The van der Waals surface area contributed by atoms with E-state index in [0.717, 1.165) is 11.8 Å². The van der Waals surface area contributed by atoms with Crippen LogP contribution in [0, 0.1) is 18.3 Å². The molecule has 0 aromatic rings. The average Bonchev–Trinajstić information content (AvgIpc) is 2.64. The van der Waals surface area contributed by atoms with Gasteiger partial charge in [0.15, 0.2) is 0 Å². The lowest BCUT2D eigenvalue weighted by atomic mass is 9.85. The van der Waals surface area contributed by atoms with Crippen molar-refractivity contribution < 1.29 is 0 Å². The third-order valence-corrected chi connectivity index (χ3v) is 5.97. The highest BCUT2D eigenvalue weighted by atomic mass is 14.2. The van der Waals surface area contributed by atoms with Crippen LogP contribution in [0.3, 0.4) is 0 Å². The van der Waals surface area contributed by atoms with E-state index in [9.17, 15) is 0 Å². The Balaban J connectivity index is 3.93. The van der Waals surface area contributed by atoms with E-state index in [4.69, 9.17) is 0 Å². The molecule has 0 aromatic heterocycles. The number of hydrogen-bond donors (Lipinski definition) is 0. The van der Waals surface area contributed by atoms with Crippen LogP contribution in [0.2, 0.25) is 0 Å². The van der Waals surface area contributed by atoms with Crippen molar-refractivity contribution >= 4 is 0 Å². The van der Waals surface area contributed by atoms with E-state index >= 15 is 0 Å². The van der Waals surface area contributed by atoms with E-state index in [1.165, 1.54) is 122 Å². The van der Waals surface area contributed by atoms with Crippen LogP contribution in [-0.4, -0.2) is 0 Å². The molecule has 0 fully saturated rings. The van der Waals surface area contributed by atoms with Gasteiger partial charge in [-0.1, -0.05) is 150 Å². The molecule has 0 aromatic carbocycles. The Morgan fingerprint density at radius 2 is 0.808 bits per heavy atom. The molecule has 1 radical (unpaired) electrons. The SMILES string of the molecule is CCCCCCCCC(C)[CH]C(CCCCCCC)CCCCCCC. The van der Waals surface area contributed by atoms with Gasteiger partial charge in [0.25, 0.3) is 0 Å². The monoisotopic (exact) mass is 365 g/mol. The Labute approximate surface area is 168 Å². The molecular weight excluding hydrogens is 312 g/mol. The topological polar surface area (TPSA) is 0 Å². The normalized spacial score (nSPS) is 12.8. The molecule has 0 aliphatic heterocycles. The Morgan fingerprint density at radius 1 is 0.462 bits per heavy atom. The van der Waals surface area contributed by atoms with Crippen LogP contribution >= 0.6 is 0 Å². The van der Waals surface area contributed by atoms with Gasteiger partial charge in [0.05, 0.1) is 0 Å². The van der Waals surface area contributed by atoms with Gasteiger partial charge in [-0.3, -0.25) is 0 Å². The van der Waals surface area contributed by atoms with Crippen molar-refractivity contribution in [3.8, 4) is 0 Å². The fourth-order valence-corrected chi connectivity index (χ4v) is 4.16. The zero-order valence-corrected chi connectivity index (χ0v) is 19.2. The third kappa shape index (κ3) is 18.8. The first-order valence-corrected chi connectivity index (χ1v) is 12.6. The van der Waals surface area contributed by atoms with Crippen molar-refractivity contribution in [3.63, 3.8) is 0 Å². The van der Waals surface area contributed by atoms with Crippen LogP contribution in [0.25, 0.3) is 0 Å². The summed E-state index contributed by atoms with van der Waals surface area (Å²) in [7, 11) is 0. The van der Waals surface area contributed by atoms with Crippen LogP contribution in [0.5, 0.6) is 0 Å². The first-order chi connectivity index (χ1) is 12.7. The standard InChI is InChI=1S/C26H53/c1-5-8-11-14-17-18-21-25(4)24-26(22-19-15-12-9-6-2)23-20-16-13-10-7-3/h24-26H,5-23H2,1-4H3. The largest absolute Gasteiger partial charge is 0.0654 e. The first-order valence-electron chi connectivity index (χ1n) is 12.6. The molecule has 0 spiro atoms. The van der Waals surface area contributed by atoms with Crippen LogP contribution < -0.4 is 0 Å². The van der Waals surface area contributed by atoms with E-state index < -0.39 is 0 Å². The van der Waals surface area contributed by atoms with Crippen molar-refractivity contribution in [2.75, 3.05) is 0 Å². The smallest absolute Gasteiger partial charge is 0.0326 e. The van der Waals surface area contributed by atoms with E-state index in [1.54, 1.807) is 0 Å². The molecule has 1 unspecified atom stereocenters. The Kier molecular flexibility index (Phi) is 21.3. The van der Waals surface area contributed by atoms with Gasteiger partial charge in [0, 0.05) is 0 Å². The molecular formula is C26H53. The third-order valence-electron chi connectivity index (χ3n) is 5.97. The van der Waals surface area contributed by atoms with Crippen LogP contribution in [0.1, 0.15) is 150 Å². The molecule has 0 N–H and O–H groups in total. The number of unbranched alkanes of at least 4 members (excludes halogenated alkanes) is 13. The summed E-state index contributed by atoms with van der Waals surface area (Å²) in [6.07, 6.45) is 30.0. The zero-order valence-electron chi connectivity index (χ0n) is 19.2. The summed E-state index contributed by atoms with van der Waals surface area (Å²) in [6, 6.07) is 0. The summed E-state index contributed by atoms with van der Waals surface area (Å²) < 4.78 is 0. The minimum atomic E-state index is 0.831. The molecule has 0 amide bonds. The molecule has 0 rings (SSSR count). The summed E-state index contributed by atoms with van der Waals surface area (Å²) in [4.78, 5) is 0. The van der Waals surface area contributed by atoms with Crippen LogP contribution in [0.4, 0.5) is 0 Å². The maximum Gasteiger partial charge on any atom is -0.0326 e. The predicted molar refractivity (Wildman–Crippen MR) is 122 cm³/mol. The lowest BCUT2D eigenvalue weighted by Crippen LogP contribution is -2.09. The van der Waals surface area contributed by atoms with E-state index in [1.807, 2.05) is 0 Å². The van der Waals surface area contributed by atoms with Gasteiger partial charge in [0.1, 0.15) is 0 Å². The van der Waals surface area contributed by atoms with E-state index in [0.29, 0.717) is 0 Å². The van der Waals surface area contributed by atoms with E-state index in [2.05, 4.69) is 34.1 Å². The second-order valence-electron chi connectivity index (χ2n) is 8.89. The quantitative estimate of drug-likeness (QED) is 0.177. The highest BCUT2D eigenvalue weighted by Gasteiger charge is 2.13. The molecule has 1 atom stereocenters. The molecule has 0 bridgehead atoms. The second-order valence-corrected chi connectivity index (χ2v) is 8.89. The van der Waals surface area contributed by atoms with Crippen molar-refractivity contribution in [2.24, 2.45) is 11.8 Å². The predicted octanol–water partition coefficient (Wildman–Crippen LogP) is 9.91.